The molecule has 90 valence electrons. The molecule has 17 heavy (non-hydrogen) atoms. The monoisotopic (exact) mass is 236 g/mol. The Balaban J connectivity index is 0.000000209. The molecule has 6 nitrogen and oxygen atoms in total. The van der Waals surface area contributed by atoms with Crippen molar-refractivity contribution in [3.05, 3.63) is 36.0 Å². The van der Waals surface area contributed by atoms with Crippen LogP contribution in [-0.2, 0) is 16.1 Å². The normalized spacial score (nSPS) is 9.47. The van der Waals surface area contributed by atoms with Gasteiger partial charge in [0.25, 0.3) is 0 Å². The summed E-state index contributed by atoms with van der Waals surface area (Å²) in [5.41, 5.74) is 7.73. The zero-order chi connectivity index (χ0) is 12.8. The Bertz CT molecular complexity index is 488. The lowest BCUT2D eigenvalue weighted by molar-refractivity contribution is -0.159. The molecule has 0 aliphatic carbocycles. The van der Waals surface area contributed by atoms with Crippen LogP contribution in [0.1, 0.15) is 5.69 Å². The maximum atomic E-state index is 9.10. The summed E-state index contributed by atoms with van der Waals surface area (Å²) in [5, 5.41) is 16.0. The quantitative estimate of drug-likeness (QED) is 0.546. The van der Waals surface area contributed by atoms with Gasteiger partial charge in [-0.15, -0.1) is 0 Å². The van der Waals surface area contributed by atoms with Crippen LogP contribution in [0.15, 0.2) is 30.3 Å². The SMILES string of the molecule is NCc1cc2ccccc2[nH]1.O=C(O)C(=O)O. The number of aromatic amines is 1. The number of H-pyrrole nitrogens is 1. The number of para-hydroxylation sites is 1. The van der Waals surface area contributed by atoms with Crippen LogP contribution in [0.5, 0.6) is 0 Å². The van der Waals surface area contributed by atoms with E-state index in [1.807, 2.05) is 12.1 Å². The van der Waals surface area contributed by atoms with Crippen molar-refractivity contribution >= 4 is 22.8 Å². The Morgan fingerprint density at radius 3 is 2.24 bits per heavy atom. The topological polar surface area (TPSA) is 116 Å². The molecule has 0 saturated carbocycles. The number of hydrogen-bond donors (Lipinski definition) is 4. The van der Waals surface area contributed by atoms with Gasteiger partial charge in [-0.05, 0) is 17.5 Å². The molecule has 1 aromatic heterocycles. The van der Waals surface area contributed by atoms with E-state index in [4.69, 9.17) is 25.5 Å². The van der Waals surface area contributed by atoms with E-state index in [2.05, 4.69) is 23.2 Å². The Hall–Kier alpha value is -2.34. The van der Waals surface area contributed by atoms with Crippen molar-refractivity contribution < 1.29 is 19.8 Å². The molecule has 0 radical (unpaired) electrons. The minimum atomic E-state index is -1.82. The van der Waals surface area contributed by atoms with Crippen molar-refractivity contribution in [2.24, 2.45) is 5.73 Å². The zero-order valence-corrected chi connectivity index (χ0v) is 8.88. The van der Waals surface area contributed by atoms with Crippen LogP contribution in [-0.4, -0.2) is 27.1 Å². The van der Waals surface area contributed by atoms with E-state index in [9.17, 15) is 0 Å². The number of rotatable bonds is 1. The molecule has 0 aliphatic heterocycles. The third kappa shape index (κ3) is 3.62. The van der Waals surface area contributed by atoms with Crippen molar-refractivity contribution in [3.8, 4) is 0 Å². The second-order valence-electron chi connectivity index (χ2n) is 3.20. The van der Waals surface area contributed by atoms with Gasteiger partial charge in [-0.2, -0.15) is 0 Å². The number of carboxylic acid groups (broad SMARTS) is 2. The number of aliphatic carboxylic acids is 2. The average Bonchev–Trinajstić information content (AvgIpc) is 2.72. The van der Waals surface area contributed by atoms with E-state index in [-0.39, 0.29) is 0 Å². The summed E-state index contributed by atoms with van der Waals surface area (Å²) >= 11 is 0. The zero-order valence-electron chi connectivity index (χ0n) is 8.88. The standard InChI is InChI=1S/C9H10N2.C2H2O4/c10-6-8-5-7-3-1-2-4-9(7)11-8;3-1(4)2(5)6/h1-5,11H,6,10H2;(H,3,4)(H,5,6). The smallest absolute Gasteiger partial charge is 0.414 e. The minimum absolute atomic E-state index is 0.578. The number of hydrogen-bond acceptors (Lipinski definition) is 3. The van der Waals surface area contributed by atoms with E-state index in [1.165, 1.54) is 5.39 Å². The van der Waals surface area contributed by atoms with Gasteiger partial charge in [0.1, 0.15) is 0 Å². The molecule has 0 aliphatic rings. The number of fused-ring (bicyclic) bond motifs is 1. The predicted molar refractivity (Wildman–Crippen MR) is 61.5 cm³/mol. The largest absolute Gasteiger partial charge is 0.473 e. The van der Waals surface area contributed by atoms with E-state index in [1.54, 1.807) is 0 Å². The summed E-state index contributed by atoms with van der Waals surface area (Å²) < 4.78 is 0. The van der Waals surface area contributed by atoms with Gasteiger partial charge < -0.3 is 20.9 Å². The van der Waals surface area contributed by atoms with Crippen LogP contribution in [0.2, 0.25) is 0 Å². The molecule has 0 saturated heterocycles. The summed E-state index contributed by atoms with van der Waals surface area (Å²) in [5.74, 6) is -3.65. The molecule has 0 amide bonds. The molecule has 2 aromatic rings. The number of nitrogens with one attached hydrogen (secondary N) is 1. The first-order valence-corrected chi connectivity index (χ1v) is 4.77. The molecule has 1 heterocycles. The van der Waals surface area contributed by atoms with Gasteiger partial charge in [0.15, 0.2) is 0 Å². The highest BCUT2D eigenvalue weighted by Crippen LogP contribution is 2.13. The fraction of sp³-hybridized carbons (Fsp3) is 0.0909. The van der Waals surface area contributed by atoms with Crippen molar-refractivity contribution in [2.45, 2.75) is 6.54 Å². The summed E-state index contributed by atoms with van der Waals surface area (Å²) in [6.45, 7) is 0.578. The molecule has 0 fully saturated rings. The molecule has 0 bridgehead atoms. The van der Waals surface area contributed by atoms with Crippen LogP contribution >= 0.6 is 0 Å². The average molecular weight is 236 g/mol. The Kier molecular flexibility index (Phi) is 4.24. The molecular formula is C11H12N2O4. The summed E-state index contributed by atoms with van der Waals surface area (Å²) in [7, 11) is 0. The highest BCUT2D eigenvalue weighted by Gasteiger charge is 2.04. The summed E-state index contributed by atoms with van der Waals surface area (Å²) in [6.07, 6.45) is 0. The second-order valence-corrected chi connectivity index (χ2v) is 3.20. The molecular weight excluding hydrogens is 224 g/mol. The summed E-state index contributed by atoms with van der Waals surface area (Å²) in [6, 6.07) is 10.2. The van der Waals surface area contributed by atoms with Gasteiger partial charge in [-0.25, -0.2) is 9.59 Å². The molecule has 0 spiro atoms. The Morgan fingerprint density at radius 1 is 1.18 bits per heavy atom. The third-order valence-electron chi connectivity index (χ3n) is 1.99. The van der Waals surface area contributed by atoms with Crippen molar-refractivity contribution in [1.29, 1.82) is 0 Å². The molecule has 1 aromatic carbocycles. The van der Waals surface area contributed by atoms with Crippen molar-refractivity contribution in [3.63, 3.8) is 0 Å². The first kappa shape index (κ1) is 12.7. The van der Waals surface area contributed by atoms with Crippen LogP contribution in [0, 0.1) is 0 Å². The molecule has 5 N–H and O–H groups in total. The van der Waals surface area contributed by atoms with Crippen LogP contribution in [0.4, 0.5) is 0 Å². The predicted octanol–water partition coefficient (Wildman–Crippen LogP) is 0.782. The lowest BCUT2D eigenvalue weighted by atomic mass is 10.2. The fourth-order valence-electron chi connectivity index (χ4n) is 1.24. The van der Waals surface area contributed by atoms with Gasteiger partial charge in [0.05, 0.1) is 0 Å². The van der Waals surface area contributed by atoms with Gasteiger partial charge in [0.2, 0.25) is 0 Å². The van der Waals surface area contributed by atoms with Gasteiger partial charge in [-0.1, -0.05) is 18.2 Å². The Morgan fingerprint density at radius 2 is 1.76 bits per heavy atom. The van der Waals surface area contributed by atoms with Gasteiger partial charge >= 0.3 is 11.9 Å². The van der Waals surface area contributed by atoms with Gasteiger partial charge in [-0.3, -0.25) is 0 Å². The number of nitrogens with two attached hydrogens (primary N) is 1. The number of aromatic nitrogens is 1. The van der Waals surface area contributed by atoms with E-state index >= 15 is 0 Å². The highest BCUT2D eigenvalue weighted by atomic mass is 16.4. The lowest BCUT2D eigenvalue weighted by Crippen LogP contribution is -2.09. The van der Waals surface area contributed by atoms with Crippen LogP contribution in [0.3, 0.4) is 0 Å². The molecule has 0 atom stereocenters. The number of carboxylic acids is 2. The second kappa shape index (κ2) is 5.66. The maximum Gasteiger partial charge on any atom is 0.414 e. The summed E-state index contributed by atoms with van der Waals surface area (Å²) in [4.78, 5) is 21.4. The minimum Gasteiger partial charge on any atom is -0.473 e. The number of carbonyl (C=O) groups is 2. The van der Waals surface area contributed by atoms with E-state index in [0.717, 1.165) is 11.2 Å². The van der Waals surface area contributed by atoms with Crippen LogP contribution < -0.4 is 5.73 Å². The molecule has 2 rings (SSSR count). The van der Waals surface area contributed by atoms with Crippen molar-refractivity contribution in [1.82, 2.24) is 4.98 Å². The first-order chi connectivity index (χ1) is 8.04. The third-order valence-corrected chi connectivity index (χ3v) is 1.99. The fourth-order valence-corrected chi connectivity index (χ4v) is 1.24. The first-order valence-electron chi connectivity index (χ1n) is 4.77. The lowest BCUT2D eigenvalue weighted by Gasteiger charge is -1.85. The maximum absolute atomic E-state index is 9.10. The number of benzene rings is 1. The Labute approximate surface area is 96.7 Å². The molecule has 6 heteroatoms. The van der Waals surface area contributed by atoms with Gasteiger partial charge in [0, 0.05) is 17.8 Å². The molecule has 0 unspecified atom stereocenters. The van der Waals surface area contributed by atoms with E-state index < -0.39 is 11.9 Å². The highest BCUT2D eigenvalue weighted by molar-refractivity contribution is 6.27. The van der Waals surface area contributed by atoms with E-state index in [0.29, 0.717) is 6.54 Å². The van der Waals surface area contributed by atoms with Crippen molar-refractivity contribution in [2.75, 3.05) is 0 Å². The van der Waals surface area contributed by atoms with Crippen LogP contribution in [0.25, 0.3) is 10.9 Å².